The minimum absolute atomic E-state index is 0.0398. The third-order valence-electron chi connectivity index (χ3n) is 4.80. The molecule has 2 atom stereocenters. The van der Waals surface area contributed by atoms with Crippen molar-refractivity contribution in [3.63, 3.8) is 0 Å². The molecule has 3 N–H and O–H groups in total. The van der Waals surface area contributed by atoms with Crippen molar-refractivity contribution in [1.82, 2.24) is 15.1 Å². The first-order valence-corrected chi connectivity index (χ1v) is 9.49. The molecule has 2 amide bonds. The number of hydrogen-bond acceptors (Lipinski definition) is 5. The van der Waals surface area contributed by atoms with E-state index in [1.807, 2.05) is 7.05 Å². The zero-order chi connectivity index (χ0) is 21.1. The molecule has 1 heterocycles. The number of piperazine rings is 1. The standard InChI is InChI=1S/C20H31FN4O3/c1-13(14-6-7-16(22)15(21)12-14)17(23-19(27)28-20(2,3)4)18(26)25-10-8-24(5)9-11-25/h6-7,12-13,17H,8-11,22H2,1-5H3,(H,23,27). The molecule has 1 aliphatic heterocycles. The minimum atomic E-state index is -0.874. The number of nitrogen functional groups attached to an aromatic ring is 1. The van der Waals surface area contributed by atoms with Crippen LogP contribution < -0.4 is 11.1 Å². The lowest BCUT2D eigenvalue weighted by molar-refractivity contribution is -0.135. The van der Waals surface area contributed by atoms with Crippen LogP contribution in [0, 0.1) is 5.82 Å². The molecule has 0 saturated carbocycles. The number of nitrogens with zero attached hydrogens (tertiary/aromatic N) is 2. The van der Waals surface area contributed by atoms with Gasteiger partial charge in [0.15, 0.2) is 0 Å². The largest absolute Gasteiger partial charge is 0.444 e. The Morgan fingerprint density at radius 2 is 1.82 bits per heavy atom. The molecule has 0 aliphatic carbocycles. The summed E-state index contributed by atoms with van der Waals surface area (Å²) in [5.74, 6) is -1.22. The number of nitrogens with two attached hydrogens (primary N) is 1. The van der Waals surface area contributed by atoms with Gasteiger partial charge in [-0.15, -0.1) is 0 Å². The van der Waals surface area contributed by atoms with Crippen LogP contribution in [0.1, 0.15) is 39.2 Å². The van der Waals surface area contributed by atoms with Gasteiger partial charge in [0.25, 0.3) is 0 Å². The van der Waals surface area contributed by atoms with E-state index < -0.39 is 29.5 Å². The average Bonchev–Trinajstić information content (AvgIpc) is 2.60. The first-order valence-electron chi connectivity index (χ1n) is 9.49. The Balaban J connectivity index is 2.25. The second-order valence-electron chi connectivity index (χ2n) is 8.32. The van der Waals surface area contributed by atoms with Gasteiger partial charge in [-0.1, -0.05) is 13.0 Å². The number of likely N-dealkylation sites (N-methyl/N-ethyl adjacent to an activating group) is 1. The Morgan fingerprint density at radius 1 is 1.21 bits per heavy atom. The zero-order valence-electron chi connectivity index (χ0n) is 17.3. The lowest BCUT2D eigenvalue weighted by atomic mass is 9.91. The number of hydrogen-bond donors (Lipinski definition) is 2. The fourth-order valence-corrected chi connectivity index (χ4v) is 3.08. The summed E-state index contributed by atoms with van der Waals surface area (Å²) in [6.45, 7) is 9.70. The fourth-order valence-electron chi connectivity index (χ4n) is 3.08. The summed E-state index contributed by atoms with van der Waals surface area (Å²) < 4.78 is 19.3. The molecule has 156 valence electrons. The molecular formula is C20H31FN4O3. The van der Waals surface area contributed by atoms with Gasteiger partial charge in [0, 0.05) is 32.1 Å². The second-order valence-corrected chi connectivity index (χ2v) is 8.32. The molecule has 28 heavy (non-hydrogen) atoms. The number of benzene rings is 1. The molecule has 0 bridgehead atoms. The maximum absolute atomic E-state index is 13.9. The van der Waals surface area contributed by atoms with Gasteiger partial charge in [-0.05, 0) is 45.5 Å². The van der Waals surface area contributed by atoms with Crippen LogP contribution in [0.4, 0.5) is 14.9 Å². The number of nitrogens with one attached hydrogen (secondary N) is 1. The highest BCUT2D eigenvalue weighted by Crippen LogP contribution is 2.24. The van der Waals surface area contributed by atoms with Crippen molar-refractivity contribution in [3.8, 4) is 0 Å². The number of amides is 2. The Hall–Kier alpha value is -2.35. The number of anilines is 1. The average molecular weight is 394 g/mol. The summed E-state index contributed by atoms with van der Waals surface area (Å²) in [6, 6.07) is 3.57. The molecule has 1 saturated heterocycles. The van der Waals surface area contributed by atoms with Crippen LogP contribution in [0.2, 0.25) is 0 Å². The van der Waals surface area contributed by atoms with Gasteiger partial charge in [-0.2, -0.15) is 0 Å². The number of rotatable bonds is 4. The third kappa shape index (κ3) is 5.82. The number of carbonyl (C=O) groups is 2. The summed E-state index contributed by atoms with van der Waals surface area (Å²) in [4.78, 5) is 29.4. The molecule has 1 aromatic carbocycles. The van der Waals surface area contributed by atoms with Gasteiger partial charge in [0.05, 0.1) is 5.69 Å². The van der Waals surface area contributed by atoms with E-state index in [1.165, 1.54) is 12.1 Å². The highest BCUT2D eigenvalue weighted by Gasteiger charge is 2.34. The van der Waals surface area contributed by atoms with Crippen molar-refractivity contribution >= 4 is 17.7 Å². The van der Waals surface area contributed by atoms with Crippen LogP contribution in [0.25, 0.3) is 0 Å². The number of carbonyl (C=O) groups excluding carboxylic acids is 2. The first kappa shape index (κ1) is 21.9. The van der Waals surface area contributed by atoms with E-state index in [0.717, 1.165) is 13.1 Å². The lowest BCUT2D eigenvalue weighted by Gasteiger charge is -2.36. The van der Waals surface area contributed by atoms with Crippen LogP contribution >= 0.6 is 0 Å². The van der Waals surface area contributed by atoms with E-state index in [1.54, 1.807) is 38.7 Å². The molecule has 0 spiro atoms. The van der Waals surface area contributed by atoms with Gasteiger partial charge >= 0.3 is 6.09 Å². The molecule has 0 aromatic heterocycles. The number of halogens is 1. The number of alkyl carbamates (subject to hydrolysis) is 1. The van der Waals surface area contributed by atoms with E-state index in [9.17, 15) is 14.0 Å². The van der Waals surface area contributed by atoms with Crippen molar-refractivity contribution < 1.29 is 18.7 Å². The topological polar surface area (TPSA) is 87.9 Å². The van der Waals surface area contributed by atoms with Crippen LogP contribution in [-0.4, -0.2) is 66.7 Å². The van der Waals surface area contributed by atoms with Crippen molar-refractivity contribution in [2.75, 3.05) is 39.0 Å². The predicted octanol–water partition coefficient (Wildman–Crippen LogP) is 2.18. The van der Waals surface area contributed by atoms with Crippen molar-refractivity contribution in [2.45, 2.75) is 45.3 Å². The molecule has 1 aromatic rings. The summed E-state index contributed by atoms with van der Waals surface area (Å²) in [7, 11) is 2.00. The SMILES string of the molecule is CC(c1ccc(N)c(F)c1)C(NC(=O)OC(C)(C)C)C(=O)N1CCN(C)CC1. The van der Waals surface area contributed by atoms with E-state index in [-0.39, 0.29) is 11.6 Å². The number of ether oxygens (including phenoxy) is 1. The van der Waals surface area contributed by atoms with Gasteiger partial charge in [-0.3, -0.25) is 4.79 Å². The van der Waals surface area contributed by atoms with Gasteiger partial charge in [0.2, 0.25) is 5.91 Å². The van der Waals surface area contributed by atoms with Crippen molar-refractivity contribution in [2.24, 2.45) is 0 Å². The first-order chi connectivity index (χ1) is 13.0. The van der Waals surface area contributed by atoms with Gasteiger partial charge < -0.3 is 25.6 Å². The highest BCUT2D eigenvalue weighted by atomic mass is 19.1. The van der Waals surface area contributed by atoms with E-state index in [0.29, 0.717) is 18.7 Å². The molecule has 7 nitrogen and oxygen atoms in total. The van der Waals surface area contributed by atoms with Gasteiger partial charge in [-0.25, -0.2) is 9.18 Å². The van der Waals surface area contributed by atoms with Gasteiger partial charge in [0.1, 0.15) is 17.5 Å². The normalized spacial score (nSPS) is 17.7. The Kier molecular flexibility index (Phi) is 6.87. The van der Waals surface area contributed by atoms with Crippen LogP contribution in [0.5, 0.6) is 0 Å². The molecule has 0 radical (unpaired) electrons. The molecule has 1 fully saturated rings. The summed E-state index contributed by atoms with van der Waals surface area (Å²) >= 11 is 0. The summed E-state index contributed by atoms with van der Waals surface area (Å²) in [6.07, 6.45) is -0.678. The second kappa shape index (κ2) is 8.77. The molecule has 2 rings (SSSR count). The smallest absolute Gasteiger partial charge is 0.408 e. The fraction of sp³-hybridized carbons (Fsp3) is 0.600. The Morgan fingerprint density at radius 3 is 2.36 bits per heavy atom. The lowest BCUT2D eigenvalue weighted by Crippen LogP contribution is -2.56. The third-order valence-corrected chi connectivity index (χ3v) is 4.80. The molecule has 1 aliphatic rings. The maximum Gasteiger partial charge on any atom is 0.408 e. The predicted molar refractivity (Wildman–Crippen MR) is 106 cm³/mol. The van der Waals surface area contributed by atoms with E-state index in [2.05, 4.69) is 10.2 Å². The molecular weight excluding hydrogens is 363 g/mol. The molecule has 2 unspecified atom stereocenters. The zero-order valence-corrected chi connectivity index (χ0v) is 17.3. The van der Waals surface area contributed by atoms with Crippen LogP contribution in [-0.2, 0) is 9.53 Å². The summed E-state index contributed by atoms with van der Waals surface area (Å²) in [5.41, 5.74) is 5.49. The van der Waals surface area contributed by atoms with Crippen LogP contribution in [0.15, 0.2) is 18.2 Å². The van der Waals surface area contributed by atoms with Crippen molar-refractivity contribution in [3.05, 3.63) is 29.6 Å². The Bertz CT molecular complexity index is 712. The molecule has 8 heteroatoms. The Labute approximate surface area is 166 Å². The monoisotopic (exact) mass is 394 g/mol. The maximum atomic E-state index is 13.9. The minimum Gasteiger partial charge on any atom is -0.444 e. The van der Waals surface area contributed by atoms with E-state index in [4.69, 9.17) is 10.5 Å². The van der Waals surface area contributed by atoms with Crippen LogP contribution in [0.3, 0.4) is 0 Å². The van der Waals surface area contributed by atoms with Crippen molar-refractivity contribution in [1.29, 1.82) is 0 Å². The highest BCUT2D eigenvalue weighted by molar-refractivity contribution is 5.87. The summed E-state index contributed by atoms with van der Waals surface area (Å²) in [5, 5.41) is 2.69. The quantitative estimate of drug-likeness (QED) is 0.765. The van der Waals surface area contributed by atoms with E-state index >= 15 is 0 Å².